The lowest BCUT2D eigenvalue weighted by Crippen LogP contribution is -2.06. The zero-order valence-electron chi connectivity index (χ0n) is 15.7. The van der Waals surface area contributed by atoms with E-state index in [1.54, 1.807) is 45.6 Å². The number of rotatable bonds is 6. The number of esters is 1. The maximum Gasteiger partial charge on any atom is 0.363 e. The lowest BCUT2D eigenvalue weighted by atomic mass is 10.1. The summed E-state index contributed by atoms with van der Waals surface area (Å²) in [7, 11) is 4.75. The van der Waals surface area contributed by atoms with Crippen LogP contribution in [0, 0.1) is 0 Å². The Morgan fingerprint density at radius 2 is 1.70 bits per heavy atom. The average Bonchev–Trinajstić information content (AvgIpc) is 3.07. The second kappa shape index (κ2) is 7.95. The first-order chi connectivity index (χ1) is 13.1. The summed E-state index contributed by atoms with van der Waals surface area (Å²) in [6.45, 7) is 2.05. The number of aliphatic imine (C=N–C) groups is 1. The molecule has 0 unspecified atom stereocenters. The lowest BCUT2D eigenvalue weighted by molar-refractivity contribution is -0.129. The van der Waals surface area contributed by atoms with E-state index in [0.29, 0.717) is 17.1 Å². The minimum atomic E-state index is -0.499. The van der Waals surface area contributed by atoms with E-state index in [4.69, 9.17) is 18.9 Å². The molecule has 140 valence electrons. The molecule has 0 aromatic heterocycles. The Hall–Kier alpha value is -3.28. The Kier molecular flexibility index (Phi) is 5.45. The zero-order chi connectivity index (χ0) is 19.4. The van der Waals surface area contributed by atoms with Crippen LogP contribution in [-0.2, 0) is 16.0 Å². The van der Waals surface area contributed by atoms with Gasteiger partial charge >= 0.3 is 5.97 Å². The van der Waals surface area contributed by atoms with E-state index in [0.717, 1.165) is 23.3 Å². The Balaban J connectivity index is 1.96. The summed E-state index contributed by atoms with van der Waals surface area (Å²) in [5.41, 5.74) is 2.75. The third kappa shape index (κ3) is 3.95. The van der Waals surface area contributed by atoms with Crippen molar-refractivity contribution in [2.45, 2.75) is 13.3 Å². The Morgan fingerprint density at radius 1 is 1.00 bits per heavy atom. The molecule has 6 heteroatoms. The number of hydrogen-bond donors (Lipinski definition) is 0. The van der Waals surface area contributed by atoms with Gasteiger partial charge in [-0.3, -0.25) is 0 Å². The van der Waals surface area contributed by atoms with Gasteiger partial charge in [0.2, 0.25) is 5.90 Å². The van der Waals surface area contributed by atoms with Gasteiger partial charge in [0, 0.05) is 11.6 Å². The lowest BCUT2D eigenvalue weighted by Gasteiger charge is -2.07. The van der Waals surface area contributed by atoms with Gasteiger partial charge < -0.3 is 18.9 Å². The summed E-state index contributed by atoms with van der Waals surface area (Å²) in [6.07, 6.45) is 2.52. The van der Waals surface area contributed by atoms with Crippen LogP contribution in [0.4, 0.5) is 0 Å². The largest absolute Gasteiger partial charge is 0.497 e. The van der Waals surface area contributed by atoms with Crippen molar-refractivity contribution in [2.24, 2.45) is 4.99 Å². The number of aryl methyl sites for hydroxylation is 1. The van der Waals surface area contributed by atoms with Gasteiger partial charge in [-0.15, -0.1) is 0 Å². The highest BCUT2D eigenvalue weighted by atomic mass is 16.6. The zero-order valence-corrected chi connectivity index (χ0v) is 15.7. The minimum Gasteiger partial charge on any atom is -0.497 e. The normalized spacial score (nSPS) is 14.7. The predicted molar refractivity (Wildman–Crippen MR) is 103 cm³/mol. The molecule has 0 atom stereocenters. The molecular formula is C21H21NO5. The molecule has 0 spiro atoms. The summed E-state index contributed by atoms with van der Waals surface area (Å²) in [5.74, 6) is 1.71. The average molecular weight is 367 g/mol. The highest BCUT2D eigenvalue weighted by molar-refractivity contribution is 6.13. The minimum absolute atomic E-state index is 0.215. The molecule has 0 bridgehead atoms. The van der Waals surface area contributed by atoms with Crippen LogP contribution in [0.3, 0.4) is 0 Å². The number of cyclic esters (lactones) is 1. The summed E-state index contributed by atoms with van der Waals surface area (Å²) in [4.78, 5) is 16.6. The van der Waals surface area contributed by atoms with E-state index in [9.17, 15) is 4.79 Å². The Labute approximate surface area is 158 Å². The molecule has 1 aliphatic heterocycles. The van der Waals surface area contributed by atoms with E-state index in [-0.39, 0.29) is 11.6 Å². The van der Waals surface area contributed by atoms with Crippen LogP contribution in [0.2, 0.25) is 0 Å². The molecule has 0 fully saturated rings. The van der Waals surface area contributed by atoms with Crippen molar-refractivity contribution < 1.29 is 23.7 Å². The molecule has 0 saturated heterocycles. The molecule has 27 heavy (non-hydrogen) atoms. The van der Waals surface area contributed by atoms with Gasteiger partial charge in [-0.2, -0.15) is 0 Å². The van der Waals surface area contributed by atoms with Crippen LogP contribution in [0.1, 0.15) is 23.6 Å². The van der Waals surface area contributed by atoms with Crippen LogP contribution in [0.25, 0.3) is 6.08 Å². The number of carbonyl (C=O) groups excluding carboxylic acids is 1. The second-order valence-corrected chi connectivity index (χ2v) is 5.86. The number of carbonyl (C=O) groups is 1. The van der Waals surface area contributed by atoms with Gasteiger partial charge in [0.05, 0.1) is 21.3 Å². The summed E-state index contributed by atoms with van der Waals surface area (Å²) in [5, 5.41) is 0. The van der Waals surface area contributed by atoms with Gasteiger partial charge in [-0.25, -0.2) is 9.79 Å². The fourth-order valence-corrected chi connectivity index (χ4v) is 2.79. The molecule has 0 N–H and O–H groups in total. The molecular weight excluding hydrogens is 346 g/mol. The van der Waals surface area contributed by atoms with E-state index in [1.807, 2.05) is 25.1 Å². The molecule has 0 radical (unpaired) electrons. The number of hydrogen-bond acceptors (Lipinski definition) is 6. The smallest absolute Gasteiger partial charge is 0.363 e. The van der Waals surface area contributed by atoms with Crippen molar-refractivity contribution in [3.63, 3.8) is 0 Å². The highest BCUT2D eigenvalue weighted by Crippen LogP contribution is 2.27. The van der Waals surface area contributed by atoms with Crippen LogP contribution >= 0.6 is 0 Å². The maximum atomic E-state index is 12.3. The first-order valence-corrected chi connectivity index (χ1v) is 8.50. The molecule has 2 aromatic rings. The van der Waals surface area contributed by atoms with Crippen molar-refractivity contribution in [2.75, 3.05) is 21.3 Å². The number of methoxy groups -OCH3 is 3. The van der Waals surface area contributed by atoms with Crippen molar-refractivity contribution in [3.8, 4) is 17.2 Å². The van der Waals surface area contributed by atoms with E-state index in [2.05, 4.69) is 4.99 Å². The van der Waals surface area contributed by atoms with Crippen LogP contribution < -0.4 is 14.2 Å². The molecule has 6 nitrogen and oxygen atoms in total. The van der Waals surface area contributed by atoms with E-state index < -0.39 is 5.97 Å². The highest BCUT2D eigenvalue weighted by Gasteiger charge is 2.25. The molecule has 2 aromatic carbocycles. The summed E-state index contributed by atoms with van der Waals surface area (Å²) < 4.78 is 21.2. The topological polar surface area (TPSA) is 66.3 Å². The first-order valence-electron chi connectivity index (χ1n) is 8.50. The number of nitrogens with zero attached hydrogens (tertiary/aromatic N) is 1. The van der Waals surface area contributed by atoms with Crippen molar-refractivity contribution in [1.82, 2.24) is 0 Å². The van der Waals surface area contributed by atoms with Gasteiger partial charge in [-0.1, -0.05) is 13.0 Å². The molecule has 3 rings (SSSR count). The van der Waals surface area contributed by atoms with Gasteiger partial charge in [0.15, 0.2) is 5.70 Å². The van der Waals surface area contributed by atoms with Crippen molar-refractivity contribution >= 4 is 17.9 Å². The quantitative estimate of drug-likeness (QED) is 0.576. The molecule has 1 heterocycles. The SMILES string of the molecule is CCc1cc(/C=C2/N=C(c3cc(OC)cc(OC)c3)OC2=O)ccc1OC. The number of benzene rings is 2. The third-order valence-corrected chi connectivity index (χ3v) is 4.21. The van der Waals surface area contributed by atoms with Gasteiger partial charge in [-0.05, 0) is 47.9 Å². The second-order valence-electron chi connectivity index (χ2n) is 5.86. The summed E-state index contributed by atoms with van der Waals surface area (Å²) in [6, 6.07) is 10.9. The van der Waals surface area contributed by atoms with Crippen LogP contribution in [0.15, 0.2) is 47.1 Å². The van der Waals surface area contributed by atoms with Gasteiger partial charge in [0.1, 0.15) is 17.2 Å². The van der Waals surface area contributed by atoms with Gasteiger partial charge in [0.25, 0.3) is 0 Å². The molecule has 0 aliphatic carbocycles. The predicted octanol–water partition coefficient (Wildman–Crippen LogP) is 3.62. The standard InChI is InChI=1S/C21H21NO5/c1-5-14-8-13(6-7-19(14)26-4)9-18-21(23)27-20(22-18)15-10-16(24-2)12-17(11-15)25-3/h6-12H,5H2,1-4H3/b18-9+. The van der Waals surface area contributed by atoms with Crippen LogP contribution in [-0.4, -0.2) is 33.2 Å². The molecule has 1 aliphatic rings. The van der Waals surface area contributed by atoms with Crippen LogP contribution in [0.5, 0.6) is 17.2 Å². The summed E-state index contributed by atoms with van der Waals surface area (Å²) >= 11 is 0. The van der Waals surface area contributed by atoms with E-state index >= 15 is 0 Å². The Morgan fingerprint density at radius 3 is 2.30 bits per heavy atom. The van der Waals surface area contributed by atoms with Crippen molar-refractivity contribution in [1.29, 1.82) is 0 Å². The molecule has 0 saturated carbocycles. The van der Waals surface area contributed by atoms with E-state index in [1.165, 1.54) is 0 Å². The van der Waals surface area contributed by atoms with Crippen molar-refractivity contribution in [3.05, 3.63) is 58.8 Å². The number of ether oxygens (including phenoxy) is 4. The molecule has 0 amide bonds. The first kappa shape index (κ1) is 18.5. The maximum absolute atomic E-state index is 12.3. The monoisotopic (exact) mass is 367 g/mol. The fraction of sp³-hybridized carbons (Fsp3) is 0.238. The fourth-order valence-electron chi connectivity index (χ4n) is 2.79. The Bertz CT molecular complexity index is 908. The third-order valence-electron chi connectivity index (χ3n) is 4.21.